The number of para-hydroxylation sites is 1. The van der Waals surface area contributed by atoms with Crippen LogP contribution in [0.2, 0.25) is 0 Å². The lowest BCUT2D eigenvalue weighted by molar-refractivity contribution is -0.885. The zero-order chi connectivity index (χ0) is 18.1. The molecular weight excluding hydrogens is 314 g/mol. The summed E-state index contributed by atoms with van der Waals surface area (Å²) in [6.45, 7) is 5.13. The highest BCUT2D eigenvalue weighted by Crippen LogP contribution is 2.13. The monoisotopic (exact) mass is 336 g/mol. The smallest absolute Gasteiger partial charge is 0.279 e. The molecule has 2 rings (SSSR count). The summed E-state index contributed by atoms with van der Waals surface area (Å²) in [7, 11) is 1.96. The first-order valence-electron chi connectivity index (χ1n) is 8.05. The van der Waals surface area contributed by atoms with Crippen molar-refractivity contribution in [1.82, 2.24) is 0 Å². The van der Waals surface area contributed by atoms with Gasteiger partial charge in [0.2, 0.25) is 0 Å². The first-order valence-corrected chi connectivity index (χ1v) is 8.05. The predicted molar refractivity (Wildman–Crippen MR) is 97.4 cm³/mol. The van der Waals surface area contributed by atoms with E-state index in [0.717, 1.165) is 22.8 Å². The van der Waals surface area contributed by atoms with Crippen LogP contribution in [-0.4, -0.2) is 26.1 Å². The molecule has 0 fully saturated rings. The first kappa shape index (κ1) is 18.2. The lowest BCUT2D eigenvalue weighted by Crippen LogP contribution is -3.08. The van der Waals surface area contributed by atoms with Gasteiger partial charge in [0.15, 0.2) is 6.54 Å². The van der Waals surface area contributed by atoms with Crippen molar-refractivity contribution < 1.29 is 14.4 Å². The van der Waals surface area contributed by atoms with E-state index in [2.05, 4.69) is 18.0 Å². The van der Waals surface area contributed by atoms with Crippen molar-refractivity contribution in [2.45, 2.75) is 6.54 Å². The SMILES string of the molecule is C=CCOc1ccc(C[NH+](C)CC(=O)Nc2ccccc2C#N)cc1. The van der Waals surface area contributed by atoms with Crippen molar-refractivity contribution in [3.05, 3.63) is 72.3 Å². The van der Waals surface area contributed by atoms with E-state index in [1.165, 1.54) is 0 Å². The molecule has 0 aliphatic carbocycles. The molecule has 0 heterocycles. The zero-order valence-corrected chi connectivity index (χ0v) is 14.3. The standard InChI is InChI=1S/C20H21N3O2/c1-3-12-25-18-10-8-16(9-11-18)14-23(2)15-20(24)22-19-7-5-4-6-17(19)13-21/h3-11H,1,12,14-15H2,2H3,(H,22,24)/p+1. The summed E-state index contributed by atoms with van der Waals surface area (Å²) >= 11 is 0. The summed E-state index contributed by atoms with van der Waals surface area (Å²) in [5.41, 5.74) is 2.13. The minimum atomic E-state index is -0.119. The van der Waals surface area contributed by atoms with Crippen molar-refractivity contribution in [2.24, 2.45) is 0 Å². The third kappa shape index (κ3) is 5.79. The zero-order valence-electron chi connectivity index (χ0n) is 14.3. The van der Waals surface area contributed by atoms with Gasteiger partial charge in [-0.3, -0.25) is 4.79 Å². The van der Waals surface area contributed by atoms with Crippen LogP contribution in [-0.2, 0) is 11.3 Å². The third-order valence-electron chi connectivity index (χ3n) is 3.58. The van der Waals surface area contributed by atoms with E-state index < -0.39 is 0 Å². The third-order valence-corrected chi connectivity index (χ3v) is 3.58. The van der Waals surface area contributed by atoms with Crippen LogP contribution < -0.4 is 15.0 Å². The van der Waals surface area contributed by atoms with Gasteiger partial charge in [-0.2, -0.15) is 5.26 Å². The fourth-order valence-corrected chi connectivity index (χ4v) is 2.43. The Morgan fingerprint density at radius 1 is 1.28 bits per heavy atom. The Labute approximate surface area is 148 Å². The first-order chi connectivity index (χ1) is 12.1. The van der Waals surface area contributed by atoms with E-state index in [1.54, 1.807) is 30.3 Å². The highest BCUT2D eigenvalue weighted by atomic mass is 16.5. The molecule has 2 N–H and O–H groups in total. The number of anilines is 1. The molecule has 0 saturated heterocycles. The Morgan fingerprint density at radius 2 is 2.00 bits per heavy atom. The Bertz CT molecular complexity index is 763. The molecule has 0 aliphatic heterocycles. The fourth-order valence-electron chi connectivity index (χ4n) is 2.43. The predicted octanol–water partition coefficient (Wildman–Crippen LogP) is 1.78. The lowest BCUT2D eigenvalue weighted by atomic mass is 10.2. The number of nitrogens with one attached hydrogen (secondary N) is 2. The minimum Gasteiger partial charge on any atom is -0.490 e. The highest BCUT2D eigenvalue weighted by Gasteiger charge is 2.12. The van der Waals surface area contributed by atoms with Gasteiger partial charge in [-0.05, 0) is 36.4 Å². The van der Waals surface area contributed by atoms with Crippen molar-refractivity contribution in [2.75, 3.05) is 25.5 Å². The van der Waals surface area contributed by atoms with Gasteiger partial charge in [0.05, 0.1) is 18.3 Å². The average Bonchev–Trinajstić information content (AvgIpc) is 2.61. The van der Waals surface area contributed by atoms with Crippen LogP contribution in [0, 0.1) is 11.3 Å². The van der Waals surface area contributed by atoms with Crippen LogP contribution in [0.5, 0.6) is 5.75 Å². The van der Waals surface area contributed by atoms with E-state index in [9.17, 15) is 4.79 Å². The van der Waals surface area contributed by atoms with Gasteiger partial charge in [0.25, 0.3) is 5.91 Å². The van der Waals surface area contributed by atoms with Gasteiger partial charge in [0.1, 0.15) is 25.0 Å². The molecule has 5 nitrogen and oxygen atoms in total. The number of likely N-dealkylation sites (N-methyl/N-ethyl adjacent to an activating group) is 1. The van der Waals surface area contributed by atoms with Gasteiger partial charge < -0.3 is 15.0 Å². The molecule has 1 amide bonds. The average molecular weight is 336 g/mol. The van der Waals surface area contributed by atoms with Gasteiger partial charge in [0, 0.05) is 5.56 Å². The second kappa shape index (κ2) is 9.26. The molecule has 0 spiro atoms. The topological polar surface area (TPSA) is 66.6 Å². The summed E-state index contributed by atoms with van der Waals surface area (Å²) in [5.74, 6) is 0.679. The number of rotatable bonds is 8. The molecule has 0 aromatic heterocycles. The molecule has 2 aromatic carbocycles. The fraction of sp³-hybridized carbons (Fsp3) is 0.200. The van der Waals surface area contributed by atoms with Crippen LogP contribution in [0.15, 0.2) is 61.2 Å². The molecule has 25 heavy (non-hydrogen) atoms. The molecule has 1 unspecified atom stereocenters. The van der Waals surface area contributed by atoms with Gasteiger partial charge in [-0.1, -0.05) is 24.8 Å². The van der Waals surface area contributed by atoms with E-state index in [1.807, 2.05) is 31.3 Å². The Balaban J connectivity index is 1.87. The number of nitriles is 1. The van der Waals surface area contributed by atoms with E-state index >= 15 is 0 Å². The number of ether oxygens (including phenoxy) is 1. The van der Waals surface area contributed by atoms with Crippen molar-refractivity contribution >= 4 is 11.6 Å². The lowest BCUT2D eigenvalue weighted by Gasteiger charge is -2.14. The molecule has 0 aliphatic rings. The molecule has 128 valence electrons. The van der Waals surface area contributed by atoms with Crippen LogP contribution in [0.25, 0.3) is 0 Å². The van der Waals surface area contributed by atoms with Crippen molar-refractivity contribution in [1.29, 1.82) is 5.26 Å². The number of carbonyl (C=O) groups is 1. The Morgan fingerprint density at radius 3 is 2.68 bits per heavy atom. The summed E-state index contributed by atoms with van der Waals surface area (Å²) in [4.78, 5) is 13.2. The van der Waals surface area contributed by atoms with Gasteiger partial charge >= 0.3 is 0 Å². The van der Waals surface area contributed by atoms with Crippen LogP contribution in [0.4, 0.5) is 5.69 Å². The van der Waals surface area contributed by atoms with E-state index in [-0.39, 0.29) is 5.91 Å². The number of benzene rings is 2. The van der Waals surface area contributed by atoms with E-state index in [0.29, 0.717) is 24.4 Å². The van der Waals surface area contributed by atoms with Crippen molar-refractivity contribution in [3.63, 3.8) is 0 Å². The minimum absolute atomic E-state index is 0.119. The molecule has 2 aromatic rings. The van der Waals surface area contributed by atoms with E-state index in [4.69, 9.17) is 10.00 Å². The molecule has 5 heteroatoms. The largest absolute Gasteiger partial charge is 0.490 e. The Kier molecular flexibility index (Phi) is 6.76. The molecular formula is C20H22N3O2+. The number of nitrogens with zero attached hydrogens (tertiary/aromatic N) is 1. The second-order valence-electron chi connectivity index (χ2n) is 5.76. The van der Waals surface area contributed by atoms with Crippen LogP contribution >= 0.6 is 0 Å². The number of carbonyl (C=O) groups excluding carboxylic acids is 1. The van der Waals surface area contributed by atoms with Gasteiger partial charge in [-0.15, -0.1) is 0 Å². The molecule has 0 radical (unpaired) electrons. The normalized spacial score (nSPS) is 11.2. The quantitative estimate of drug-likeness (QED) is 0.722. The summed E-state index contributed by atoms with van der Waals surface area (Å²) in [6.07, 6.45) is 1.70. The maximum absolute atomic E-state index is 12.2. The highest BCUT2D eigenvalue weighted by molar-refractivity contribution is 5.92. The van der Waals surface area contributed by atoms with Crippen molar-refractivity contribution in [3.8, 4) is 11.8 Å². The summed E-state index contributed by atoms with van der Waals surface area (Å²) < 4.78 is 5.45. The number of hydrogen-bond donors (Lipinski definition) is 2. The maximum atomic E-state index is 12.2. The van der Waals surface area contributed by atoms with Crippen LogP contribution in [0.3, 0.4) is 0 Å². The Hall–Kier alpha value is -3.10. The maximum Gasteiger partial charge on any atom is 0.279 e. The number of hydrogen-bond acceptors (Lipinski definition) is 3. The molecule has 0 saturated carbocycles. The number of quaternary nitrogens is 1. The van der Waals surface area contributed by atoms with Crippen LogP contribution in [0.1, 0.15) is 11.1 Å². The number of amides is 1. The molecule has 0 bridgehead atoms. The van der Waals surface area contributed by atoms with Gasteiger partial charge in [-0.25, -0.2) is 0 Å². The molecule has 1 atom stereocenters. The second-order valence-corrected chi connectivity index (χ2v) is 5.76. The summed E-state index contributed by atoms with van der Waals surface area (Å²) in [5, 5.41) is 11.9. The summed E-state index contributed by atoms with van der Waals surface area (Å²) in [6, 6.07) is 16.9.